The molecule has 1 rings (SSSR count). The van der Waals surface area contributed by atoms with Crippen molar-refractivity contribution >= 4 is 0 Å². The molecule has 0 bridgehead atoms. The predicted molar refractivity (Wildman–Crippen MR) is 24.9 cm³/mol. The Balaban J connectivity index is 2.09. The van der Waals surface area contributed by atoms with E-state index in [4.69, 9.17) is 5.84 Å². The van der Waals surface area contributed by atoms with Crippen LogP contribution >= 0.6 is 0 Å². The van der Waals surface area contributed by atoms with Gasteiger partial charge in [0, 0.05) is 6.04 Å². The molecule has 1 fully saturated rings. The Bertz CT molecular complexity index is 51.5. The minimum Gasteiger partial charge on any atom is -0.271 e. The zero-order valence-corrected chi connectivity index (χ0v) is 3.94. The van der Waals surface area contributed by atoms with Gasteiger partial charge in [-0.1, -0.05) is 6.92 Å². The molecule has 0 aromatic rings. The lowest BCUT2D eigenvalue weighted by Gasteiger charge is -1.85. The smallest absolute Gasteiger partial charge is 0.0239 e. The van der Waals surface area contributed by atoms with Crippen LogP contribution in [0.1, 0.15) is 13.3 Å². The molecule has 0 spiro atoms. The van der Waals surface area contributed by atoms with Crippen molar-refractivity contribution in [2.45, 2.75) is 19.4 Å². The van der Waals surface area contributed by atoms with Crippen LogP contribution < -0.4 is 11.3 Å². The largest absolute Gasteiger partial charge is 0.271 e. The van der Waals surface area contributed by atoms with Gasteiger partial charge < -0.3 is 0 Å². The van der Waals surface area contributed by atoms with Crippen molar-refractivity contribution in [2.24, 2.45) is 11.8 Å². The van der Waals surface area contributed by atoms with Gasteiger partial charge in [-0.05, 0) is 12.3 Å². The normalized spacial score (nSPS) is 43.0. The van der Waals surface area contributed by atoms with Gasteiger partial charge >= 0.3 is 0 Å². The van der Waals surface area contributed by atoms with Crippen molar-refractivity contribution in [3.8, 4) is 0 Å². The average Bonchev–Trinajstić information content (AvgIpc) is 2.19. The first kappa shape index (κ1) is 4.09. The molecule has 0 aromatic carbocycles. The maximum absolute atomic E-state index is 5.07. The Hall–Kier alpha value is -0.0800. The maximum atomic E-state index is 5.07. The van der Waals surface area contributed by atoms with Gasteiger partial charge in [-0.2, -0.15) is 0 Å². The number of nitrogens with one attached hydrogen (secondary N) is 1. The molecule has 1 unspecified atom stereocenters. The number of hydrogen-bond acceptors (Lipinski definition) is 2. The van der Waals surface area contributed by atoms with Crippen LogP contribution in [0.5, 0.6) is 0 Å². The molecule has 2 nitrogen and oxygen atoms in total. The first-order valence-corrected chi connectivity index (χ1v) is 2.30. The van der Waals surface area contributed by atoms with Crippen LogP contribution in [0.15, 0.2) is 0 Å². The lowest BCUT2D eigenvalue weighted by molar-refractivity contribution is 0.689. The molecule has 1 aliphatic rings. The summed E-state index contributed by atoms with van der Waals surface area (Å²) >= 11 is 0. The Morgan fingerprint density at radius 3 is 2.33 bits per heavy atom. The Morgan fingerprint density at radius 2 is 2.33 bits per heavy atom. The van der Waals surface area contributed by atoms with E-state index < -0.39 is 0 Å². The molecule has 1 saturated carbocycles. The molecule has 36 valence electrons. The minimum absolute atomic E-state index is 0.630. The fraction of sp³-hybridized carbons (Fsp3) is 1.00. The van der Waals surface area contributed by atoms with Gasteiger partial charge in [0.1, 0.15) is 0 Å². The lowest BCUT2D eigenvalue weighted by atomic mass is 10.5. The fourth-order valence-corrected chi connectivity index (χ4v) is 0.554. The minimum atomic E-state index is 0.630. The first-order valence-electron chi connectivity index (χ1n) is 2.30. The monoisotopic (exact) mass is 86.1 g/mol. The van der Waals surface area contributed by atoms with Crippen LogP contribution in [0.2, 0.25) is 0 Å². The van der Waals surface area contributed by atoms with Crippen LogP contribution in [0, 0.1) is 5.92 Å². The van der Waals surface area contributed by atoms with E-state index in [9.17, 15) is 0 Å². The van der Waals surface area contributed by atoms with E-state index >= 15 is 0 Å². The maximum Gasteiger partial charge on any atom is 0.0239 e. The third kappa shape index (κ3) is 0.533. The summed E-state index contributed by atoms with van der Waals surface area (Å²) in [5.41, 5.74) is 2.69. The molecule has 0 aliphatic heterocycles. The van der Waals surface area contributed by atoms with Crippen LogP contribution in [0.4, 0.5) is 0 Å². The summed E-state index contributed by atoms with van der Waals surface area (Å²) in [4.78, 5) is 0. The highest BCUT2D eigenvalue weighted by Gasteiger charge is 2.30. The van der Waals surface area contributed by atoms with Gasteiger partial charge in [0.2, 0.25) is 0 Å². The predicted octanol–water partition coefficient (Wildman–Crippen LogP) is -0.142. The number of hydrogen-bond donors (Lipinski definition) is 2. The van der Waals surface area contributed by atoms with Gasteiger partial charge in [-0.3, -0.25) is 11.3 Å². The third-order valence-electron chi connectivity index (χ3n) is 1.32. The summed E-state index contributed by atoms with van der Waals surface area (Å²) in [5.74, 6) is 5.90. The third-order valence-corrected chi connectivity index (χ3v) is 1.32. The highest BCUT2D eigenvalue weighted by atomic mass is 15.3. The van der Waals surface area contributed by atoms with Gasteiger partial charge in [-0.25, -0.2) is 0 Å². The highest BCUT2D eigenvalue weighted by Crippen LogP contribution is 2.27. The number of nitrogens with two attached hydrogens (primary N) is 1. The second kappa shape index (κ2) is 1.21. The molecule has 1 aliphatic carbocycles. The summed E-state index contributed by atoms with van der Waals surface area (Å²) in [6.45, 7) is 2.19. The summed E-state index contributed by atoms with van der Waals surface area (Å²) in [5, 5.41) is 0. The standard InChI is InChI=1S/C4H10N2/c1-3-2-4(3)6-5/h3-4,6H,2,5H2,1H3/t3-,4?/m0/s1. The molecular formula is C4H10N2. The van der Waals surface area contributed by atoms with E-state index in [0.717, 1.165) is 5.92 Å². The van der Waals surface area contributed by atoms with Crippen molar-refractivity contribution in [1.82, 2.24) is 5.43 Å². The Morgan fingerprint density at radius 1 is 1.83 bits per heavy atom. The second-order valence-corrected chi connectivity index (χ2v) is 1.99. The Labute approximate surface area is 37.7 Å². The fourth-order valence-electron chi connectivity index (χ4n) is 0.554. The Kier molecular flexibility index (Phi) is 0.821. The van der Waals surface area contributed by atoms with E-state index in [0.29, 0.717) is 6.04 Å². The lowest BCUT2D eigenvalue weighted by Crippen LogP contribution is -2.25. The summed E-state index contributed by atoms with van der Waals surface area (Å²) in [7, 11) is 0. The van der Waals surface area contributed by atoms with E-state index in [2.05, 4.69) is 12.3 Å². The number of rotatable bonds is 1. The molecule has 6 heavy (non-hydrogen) atoms. The zero-order valence-electron chi connectivity index (χ0n) is 3.94. The highest BCUT2D eigenvalue weighted by molar-refractivity contribution is 4.87. The topological polar surface area (TPSA) is 38.0 Å². The summed E-state index contributed by atoms with van der Waals surface area (Å²) in [6, 6.07) is 0.630. The van der Waals surface area contributed by atoms with Gasteiger partial charge in [-0.15, -0.1) is 0 Å². The molecular weight excluding hydrogens is 76.1 g/mol. The quantitative estimate of drug-likeness (QED) is 0.344. The van der Waals surface area contributed by atoms with Crippen molar-refractivity contribution < 1.29 is 0 Å². The molecule has 2 atom stereocenters. The molecule has 0 radical (unpaired) electrons. The average molecular weight is 86.1 g/mol. The summed E-state index contributed by atoms with van der Waals surface area (Å²) < 4.78 is 0. The van der Waals surface area contributed by atoms with Crippen LogP contribution in [0.25, 0.3) is 0 Å². The van der Waals surface area contributed by atoms with Crippen LogP contribution in [-0.4, -0.2) is 6.04 Å². The van der Waals surface area contributed by atoms with Crippen molar-refractivity contribution in [3.05, 3.63) is 0 Å². The molecule has 0 heterocycles. The van der Waals surface area contributed by atoms with Crippen molar-refractivity contribution in [1.29, 1.82) is 0 Å². The van der Waals surface area contributed by atoms with E-state index in [1.807, 2.05) is 0 Å². The second-order valence-electron chi connectivity index (χ2n) is 1.99. The molecule has 0 aromatic heterocycles. The van der Waals surface area contributed by atoms with Crippen molar-refractivity contribution in [3.63, 3.8) is 0 Å². The van der Waals surface area contributed by atoms with E-state index in [-0.39, 0.29) is 0 Å². The van der Waals surface area contributed by atoms with E-state index in [1.54, 1.807) is 0 Å². The molecule has 3 N–H and O–H groups in total. The van der Waals surface area contributed by atoms with Gasteiger partial charge in [0.05, 0.1) is 0 Å². The SMILES string of the molecule is C[C@H]1CC1NN. The van der Waals surface area contributed by atoms with Gasteiger partial charge in [0.15, 0.2) is 0 Å². The zero-order chi connectivity index (χ0) is 4.57. The van der Waals surface area contributed by atoms with E-state index in [1.165, 1.54) is 6.42 Å². The van der Waals surface area contributed by atoms with Crippen LogP contribution in [0.3, 0.4) is 0 Å². The van der Waals surface area contributed by atoms with Crippen LogP contribution in [-0.2, 0) is 0 Å². The molecule has 2 heteroatoms. The summed E-state index contributed by atoms with van der Waals surface area (Å²) in [6.07, 6.45) is 1.26. The number of hydrazine groups is 1. The van der Waals surface area contributed by atoms with Gasteiger partial charge in [0.25, 0.3) is 0 Å². The van der Waals surface area contributed by atoms with Crippen molar-refractivity contribution in [2.75, 3.05) is 0 Å². The first-order chi connectivity index (χ1) is 2.84. The molecule has 0 amide bonds. The molecule has 0 saturated heterocycles.